The van der Waals surface area contributed by atoms with Gasteiger partial charge in [0.15, 0.2) is 5.76 Å². The molecular formula is C24H29F3N4O6S. The number of aliphatic carboxylic acids is 1. The van der Waals surface area contributed by atoms with Crippen LogP contribution in [0.5, 0.6) is 0 Å². The Bertz CT molecular complexity index is 1370. The molecule has 0 aliphatic heterocycles. The van der Waals surface area contributed by atoms with E-state index in [0.717, 1.165) is 22.4 Å². The van der Waals surface area contributed by atoms with Crippen molar-refractivity contribution in [3.63, 3.8) is 0 Å². The number of carbonyl (C=O) groups is 1. The summed E-state index contributed by atoms with van der Waals surface area (Å²) >= 11 is 0. The second-order valence-corrected chi connectivity index (χ2v) is 10.4. The van der Waals surface area contributed by atoms with Crippen LogP contribution in [0.1, 0.15) is 25.1 Å². The molecule has 0 fully saturated rings. The van der Waals surface area contributed by atoms with E-state index in [0.29, 0.717) is 17.1 Å². The minimum absolute atomic E-state index is 0.0777. The van der Waals surface area contributed by atoms with Crippen LogP contribution < -0.4 is 10.5 Å². The summed E-state index contributed by atoms with van der Waals surface area (Å²) in [6, 6.07) is 8.28. The third-order valence-electron chi connectivity index (χ3n) is 5.34. The van der Waals surface area contributed by atoms with Crippen molar-refractivity contribution in [3.8, 4) is 22.5 Å². The van der Waals surface area contributed by atoms with E-state index < -0.39 is 22.2 Å². The van der Waals surface area contributed by atoms with Crippen LogP contribution in [0.15, 0.2) is 45.9 Å². The zero-order valence-corrected chi connectivity index (χ0v) is 22.1. The van der Waals surface area contributed by atoms with E-state index in [-0.39, 0.29) is 23.5 Å². The van der Waals surface area contributed by atoms with Crippen molar-refractivity contribution in [2.75, 3.05) is 19.5 Å². The number of nitrogen functional groups attached to an aromatic ring is 1. The van der Waals surface area contributed by atoms with Crippen LogP contribution in [0.2, 0.25) is 0 Å². The molecule has 3 rings (SSSR count). The Hall–Kier alpha value is -3.49. The molecule has 1 aromatic carbocycles. The summed E-state index contributed by atoms with van der Waals surface area (Å²) in [5.74, 6) is -1.87. The van der Waals surface area contributed by atoms with Crippen molar-refractivity contribution in [1.82, 2.24) is 14.9 Å². The number of hydrogen-bond donors (Lipinski definition) is 3. The lowest BCUT2D eigenvalue weighted by molar-refractivity contribution is -0.192. The Labute approximate surface area is 218 Å². The van der Waals surface area contributed by atoms with E-state index in [1.54, 1.807) is 37.6 Å². The number of sulfonamides is 1. The number of pyridine rings is 1. The number of rotatable bonds is 8. The molecule has 1 atom stereocenters. The molecular weight excluding hydrogens is 529 g/mol. The molecule has 208 valence electrons. The molecule has 2 heterocycles. The van der Waals surface area contributed by atoms with Crippen LogP contribution in [0, 0.1) is 19.8 Å². The average Bonchev–Trinajstić information content (AvgIpc) is 3.25. The summed E-state index contributed by atoms with van der Waals surface area (Å²) in [4.78, 5) is 13.3. The first-order chi connectivity index (χ1) is 17.6. The largest absolute Gasteiger partial charge is 0.490 e. The molecule has 2 aromatic heterocycles. The highest BCUT2D eigenvalue weighted by molar-refractivity contribution is 7.89. The summed E-state index contributed by atoms with van der Waals surface area (Å²) in [5.41, 5.74) is 9.74. The Morgan fingerprint density at radius 3 is 2.32 bits per heavy atom. The van der Waals surface area contributed by atoms with Crippen LogP contribution >= 0.6 is 0 Å². The molecule has 14 heteroatoms. The van der Waals surface area contributed by atoms with Gasteiger partial charge in [0.2, 0.25) is 10.0 Å². The zero-order valence-electron chi connectivity index (χ0n) is 21.3. The molecule has 0 spiro atoms. The maximum absolute atomic E-state index is 13.0. The molecule has 0 saturated heterocycles. The molecule has 38 heavy (non-hydrogen) atoms. The highest BCUT2D eigenvalue weighted by Crippen LogP contribution is 2.32. The Morgan fingerprint density at radius 1 is 1.18 bits per heavy atom. The highest BCUT2D eigenvalue weighted by Gasteiger charge is 2.38. The molecule has 0 bridgehead atoms. The predicted molar refractivity (Wildman–Crippen MR) is 134 cm³/mol. The van der Waals surface area contributed by atoms with Crippen molar-refractivity contribution >= 4 is 21.8 Å². The van der Waals surface area contributed by atoms with Gasteiger partial charge in [-0.1, -0.05) is 25.1 Å². The molecule has 0 aliphatic carbocycles. The van der Waals surface area contributed by atoms with Crippen molar-refractivity contribution < 1.29 is 40.8 Å². The van der Waals surface area contributed by atoms with Crippen LogP contribution in [0.4, 0.5) is 19.0 Å². The van der Waals surface area contributed by atoms with E-state index in [9.17, 15) is 21.6 Å². The minimum atomic E-state index is -5.08. The number of ether oxygens (including phenoxy) is 1. The van der Waals surface area contributed by atoms with Gasteiger partial charge < -0.3 is 20.1 Å². The SMILES string of the molecule is COCC(NS(=O)(=O)c1ccc(C)c(-c2cnc(N)c(-c3cc(C)no3)c2)c1)C(C)C.O=C(O)C(F)(F)F. The molecule has 0 radical (unpaired) electrons. The first kappa shape index (κ1) is 30.7. The van der Waals surface area contributed by atoms with Crippen LogP contribution in [0.25, 0.3) is 22.5 Å². The van der Waals surface area contributed by atoms with Crippen LogP contribution in [0.3, 0.4) is 0 Å². The number of nitrogens with one attached hydrogen (secondary N) is 1. The van der Waals surface area contributed by atoms with Crippen molar-refractivity contribution in [2.45, 2.75) is 44.8 Å². The third kappa shape index (κ3) is 8.00. The average molecular weight is 559 g/mol. The predicted octanol–water partition coefficient (Wildman–Crippen LogP) is 4.19. The van der Waals surface area contributed by atoms with Gasteiger partial charge in [-0.15, -0.1) is 0 Å². The van der Waals surface area contributed by atoms with Gasteiger partial charge in [0.05, 0.1) is 22.8 Å². The quantitative estimate of drug-likeness (QED) is 0.369. The van der Waals surface area contributed by atoms with Gasteiger partial charge >= 0.3 is 12.1 Å². The number of aromatic nitrogens is 2. The normalized spacial score (nSPS) is 12.7. The molecule has 0 amide bonds. The Morgan fingerprint density at radius 2 is 1.82 bits per heavy atom. The van der Waals surface area contributed by atoms with E-state index >= 15 is 0 Å². The first-order valence-electron chi connectivity index (χ1n) is 11.2. The van der Waals surface area contributed by atoms with Gasteiger partial charge in [0.1, 0.15) is 5.82 Å². The minimum Gasteiger partial charge on any atom is -0.475 e. The van der Waals surface area contributed by atoms with Crippen molar-refractivity contribution in [1.29, 1.82) is 0 Å². The number of benzene rings is 1. The number of nitrogens with two attached hydrogens (primary N) is 1. The number of hydrogen-bond acceptors (Lipinski definition) is 8. The molecule has 1 unspecified atom stereocenters. The number of aryl methyl sites for hydroxylation is 2. The van der Waals surface area contributed by atoms with E-state index in [4.69, 9.17) is 24.9 Å². The summed E-state index contributed by atoms with van der Waals surface area (Å²) in [5, 5.41) is 11.0. The smallest absolute Gasteiger partial charge is 0.475 e. The van der Waals surface area contributed by atoms with Gasteiger partial charge in [-0.2, -0.15) is 13.2 Å². The van der Waals surface area contributed by atoms with Crippen LogP contribution in [-0.4, -0.2) is 55.6 Å². The van der Waals surface area contributed by atoms with Gasteiger partial charge in [0.25, 0.3) is 0 Å². The molecule has 10 nitrogen and oxygen atoms in total. The van der Waals surface area contributed by atoms with Gasteiger partial charge in [-0.05, 0) is 49.1 Å². The van der Waals surface area contributed by atoms with Gasteiger partial charge in [0, 0.05) is 31.0 Å². The zero-order chi connectivity index (χ0) is 28.8. The van der Waals surface area contributed by atoms with E-state index in [1.165, 1.54) is 0 Å². The standard InChI is InChI=1S/C22H28N4O4S.C2HF3O2/c1-13(2)20(12-29-5)26-31(27,28)17-7-6-14(3)18(10-17)16-9-19(22(23)24-11-16)21-8-15(4)25-30-21;3-2(4,5)1(6)7/h6-11,13,20,26H,12H2,1-5H3,(H2,23,24);(H,6,7). The van der Waals surface area contributed by atoms with E-state index in [2.05, 4.69) is 14.9 Å². The fraction of sp³-hybridized carbons (Fsp3) is 0.375. The Balaban J connectivity index is 0.000000638. The fourth-order valence-corrected chi connectivity index (χ4v) is 4.59. The molecule has 0 aliphatic rings. The lowest BCUT2D eigenvalue weighted by Gasteiger charge is -2.21. The number of carboxylic acids is 1. The number of halogens is 3. The maximum Gasteiger partial charge on any atom is 0.490 e. The first-order valence-corrected chi connectivity index (χ1v) is 12.7. The van der Waals surface area contributed by atoms with Gasteiger partial charge in [-0.25, -0.2) is 22.9 Å². The highest BCUT2D eigenvalue weighted by atomic mass is 32.2. The van der Waals surface area contributed by atoms with E-state index in [1.807, 2.05) is 33.8 Å². The molecule has 0 saturated carbocycles. The topological polar surface area (TPSA) is 158 Å². The van der Waals surface area contributed by atoms with Crippen molar-refractivity contribution in [3.05, 3.63) is 47.8 Å². The second-order valence-electron chi connectivity index (χ2n) is 8.70. The molecule has 4 N–H and O–H groups in total. The number of carboxylic acid groups (broad SMARTS) is 1. The lowest BCUT2D eigenvalue weighted by Crippen LogP contribution is -2.41. The number of alkyl halides is 3. The second kappa shape index (κ2) is 12.4. The third-order valence-corrected chi connectivity index (χ3v) is 6.83. The van der Waals surface area contributed by atoms with Crippen molar-refractivity contribution in [2.24, 2.45) is 5.92 Å². The monoisotopic (exact) mass is 558 g/mol. The fourth-order valence-electron chi connectivity index (χ4n) is 3.20. The van der Waals surface area contributed by atoms with Crippen LogP contribution in [-0.2, 0) is 19.6 Å². The summed E-state index contributed by atoms with van der Waals surface area (Å²) in [6.45, 7) is 7.91. The number of methoxy groups -OCH3 is 1. The summed E-state index contributed by atoms with van der Waals surface area (Å²) < 4.78 is 71.1. The molecule has 3 aromatic rings. The summed E-state index contributed by atoms with van der Waals surface area (Å²) in [6.07, 6.45) is -3.46. The lowest BCUT2D eigenvalue weighted by atomic mass is 10.00. The number of nitrogens with zero attached hydrogens (tertiary/aromatic N) is 2. The number of anilines is 1. The summed E-state index contributed by atoms with van der Waals surface area (Å²) in [7, 11) is -2.19. The van der Waals surface area contributed by atoms with Gasteiger partial charge in [-0.3, -0.25) is 0 Å². The Kier molecular flexibility index (Phi) is 10.0. The maximum atomic E-state index is 13.0.